The molecule has 0 aliphatic carbocycles. The summed E-state index contributed by atoms with van der Waals surface area (Å²) in [7, 11) is 0. The smallest absolute Gasteiger partial charge is 0.0111 e. The SMILES string of the molecule is C(=C/C=C/c1cccc2ccccc12)/C=C/c1ccccc1. The summed E-state index contributed by atoms with van der Waals surface area (Å²) in [5, 5.41) is 2.56. The summed E-state index contributed by atoms with van der Waals surface area (Å²) >= 11 is 0. The fourth-order valence-electron chi connectivity index (χ4n) is 2.41. The Morgan fingerprint density at radius 3 is 2.05 bits per heavy atom. The van der Waals surface area contributed by atoms with Crippen LogP contribution in [-0.2, 0) is 0 Å². The topological polar surface area (TPSA) is 0 Å². The zero-order valence-electron chi connectivity index (χ0n) is 12.4. The molecule has 0 N–H and O–H groups in total. The highest BCUT2D eigenvalue weighted by Gasteiger charge is 1.94. The number of benzene rings is 3. The highest BCUT2D eigenvalue weighted by Crippen LogP contribution is 2.19. The lowest BCUT2D eigenvalue weighted by Gasteiger charge is -2.00. The average molecular weight is 282 g/mol. The van der Waals surface area contributed by atoms with Crippen molar-refractivity contribution < 1.29 is 0 Å². The molecule has 0 nitrogen and oxygen atoms in total. The van der Waals surface area contributed by atoms with Crippen LogP contribution < -0.4 is 0 Å². The predicted octanol–water partition coefficient (Wildman–Crippen LogP) is 6.12. The molecule has 0 aromatic heterocycles. The maximum atomic E-state index is 2.16. The van der Waals surface area contributed by atoms with Crippen molar-refractivity contribution in [3.05, 3.63) is 108 Å². The lowest BCUT2D eigenvalue weighted by atomic mass is 10.0. The van der Waals surface area contributed by atoms with Gasteiger partial charge in [0.15, 0.2) is 0 Å². The Bertz CT molecular complexity index is 816. The second kappa shape index (κ2) is 7.24. The lowest BCUT2D eigenvalue weighted by molar-refractivity contribution is 1.66. The molecule has 0 spiro atoms. The first-order valence-corrected chi connectivity index (χ1v) is 7.48. The van der Waals surface area contributed by atoms with Gasteiger partial charge in [0.05, 0.1) is 0 Å². The van der Waals surface area contributed by atoms with Gasteiger partial charge in [0.2, 0.25) is 0 Å². The fourth-order valence-corrected chi connectivity index (χ4v) is 2.41. The van der Waals surface area contributed by atoms with Crippen molar-refractivity contribution in [1.29, 1.82) is 0 Å². The van der Waals surface area contributed by atoms with Gasteiger partial charge in [0.25, 0.3) is 0 Å². The molecule has 0 aliphatic rings. The van der Waals surface area contributed by atoms with Gasteiger partial charge in [0, 0.05) is 0 Å². The van der Waals surface area contributed by atoms with Gasteiger partial charge in [-0.1, -0.05) is 109 Å². The third kappa shape index (κ3) is 3.62. The molecule has 0 fully saturated rings. The van der Waals surface area contributed by atoms with Gasteiger partial charge < -0.3 is 0 Å². The molecule has 22 heavy (non-hydrogen) atoms. The standard InChI is InChI=1S/C22H18/c1(4-11-19-12-5-3-6-13-19)2-7-14-20-16-10-17-21-15-8-9-18-22(20)21/h1-18H/b2-1-,11-4+,14-7+. The van der Waals surface area contributed by atoms with E-state index in [9.17, 15) is 0 Å². The fraction of sp³-hybridized carbons (Fsp3) is 0. The zero-order valence-corrected chi connectivity index (χ0v) is 12.4. The molecule has 3 aromatic carbocycles. The third-order valence-electron chi connectivity index (χ3n) is 3.52. The summed E-state index contributed by atoms with van der Waals surface area (Å²) in [6.45, 7) is 0. The van der Waals surface area contributed by atoms with Gasteiger partial charge in [-0.3, -0.25) is 0 Å². The second-order valence-electron chi connectivity index (χ2n) is 5.08. The molecule has 0 aliphatic heterocycles. The highest BCUT2D eigenvalue weighted by molar-refractivity contribution is 5.90. The quantitative estimate of drug-likeness (QED) is 0.505. The highest BCUT2D eigenvalue weighted by atomic mass is 14.0. The molecular weight excluding hydrogens is 264 g/mol. The normalized spacial score (nSPS) is 12.0. The lowest BCUT2D eigenvalue weighted by Crippen LogP contribution is -1.76. The molecule has 106 valence electrons. The summed E-state index contributed by atoms with van der Waals surface area (Å²) in [5.74, 6) is 0. The molecule has 0 bridgehead atoms. The maximum absolute atomic E-state index is 2.16. The molecule has 0 amide bonds. The molecule has 0 saturated heterocycles. The number of hydrogen-bond donors (Lipinski definition) is 0. The first-order valence-electron chi connectivity index (χ1n) is 7.48. The van der Waals surface area contributed by atoms with Crippen LogP contribution in [0.3, 0.4) is 0 Å². The Labute approximate surface area is 131 Å². The first-order chi connectivity index (χ1) is 10.9. The minimum atomic E-state index is 1.21. The van der Waals surface area contributed by atoms with E-state index in [-0.39, 0.29) is 0 Å². The molecule has 3 aromatic rings. The average Bonchev–Trinajstić information content (AvgIpc) is 2.59. The van der Waals surface area contributed by atoms with Crippen LogP contribution in [-0.4, -0.2) is 0 Å². The van der Waals surface area contributed by atoms with E-state index in [0.717, 1.165) is 0 Å². The van der Waals surface area contributed by atoms with Crippen LogP contribution in [0.15, 0.2) is 97.1 Å². The van der Waals surface area contributed by atoms with Crippen LogP contribution in [0.5, 0.6) is 0 Å². The van der Waals surface area contributed by atoms with E-state index < -0.39 is 0 Å². The second-order valence-corrected chi connectivity index (χ2v) is 5.08. The number of rotatable bonds is 4. The van der Waals surface area contributed by atoms with E-state index in [1.165, 1.54) is 21.9 Å². The summed E-state index contributed by atoms with van der Waals surface area (Å²) in [6, 6.07) is 25.2. The van der Waals surface area contributed by atoms with E-state index in [0.29, 0.717) is 0 Å². The number of allylic oxidation sites excluding steroid dienone is 4. The van der Waals surface area contributed by atoms with E-state index in [1.807, 2.05) is 18.2 Å². The van der Waals surface area contributed by atoms with Gasteiger partial charge in [-0.25, -0.2) is 0 Å². The van der Waals surface area contributed by atoms with Gasteiger partial charge >= 0.3 is 0 Å². The van der Waals surface area contributed by atoms with Crippen LogP contribution in [0.4, 0.5) is 0 Å². The molecule has 0 unspecified atom stereocenters. The van der Waals surface area contributed by atoms with Crippen molar-refractivity contribution in [2.24, 2.45) is 0 Å². The van der Waals surface area contributed by atoms with E-state index in [2.05, 4.69) is 91.1 Å². The van der Waals surface area contributed by atoms with E-state index in [1.54, 1.807) is 0 Å². The Kier molecular flexibility index (Phi) is 4.63. The Balaban J connectivity index is 1.69. The van der Waals surface area contributed by atoms with Crippen LogP contribution in [0, 0.1) is 0 Å². The van der Waals surface area contributed by atoms with Crippen molar-refractivity contribution in [3.63, 3.8) is 0 Å². The van der Waals surface area contributed by atoms with Crippen LogP contribution in [0.1, 0.15) is 11.1 Å². The van der Waals surface area contributed by atoms with Crippen molar-refractivity contribution >= 4 is 22.9 Å². The van der Waals surface area contributed by atoms with Gasteiger partial charge in [0.1, 0.15) is 0 Å². The first kappa shape index (κ1) is 14.1. The van der Waals surface area contributed by atoms with E-state index in [4.69, 9.17) is 0 Å². The monoisotopic (exact) mass is 282 g/mol. The summed E-state index contributed by atoms with van der Waals surface area (Å²) < 4.78 is 0. The minimum absolute atomic E-state index is 1.21. The Hall–Kier alpha value is -2.86. The minimum Gasteiger partial charge on any atom is -0.0622 e. The Morgan fingerprint density at radius 2 is 1.18 bits per heavy atom. The van der Waals surface area contributed by atoms with Crippen molar-refractivity contribution in [2.75, 3.05) is 0 Å². The number of fused-ring (bicyclic) bond motifs is 1. The molecule has 0 radical (unpaired) electrons. The van der Waals surface area contributed by atoms with Crippen LogP contribution in [0.2, 0.25) is 0 Å². The van der Waals surface area contributed by atoms with Crippen molar-refractivity contribution in [2.45, 2.75) is 0 Å². The van der Waals surface area contributed by atoms with Gasteiger partial charge in [-0.2, -0.15) is 0 Å². The molecule has 0 heterocycles. The predicted molar refractivity (Wildman–Crippen MR) is 97.6 cm³/mol. The van der Waals surface area contributed by atoms with E-state index >= 15 is 0 Å². The molecule has 0 heteroatoms. The largest absolute Gasteiger partial charge is 0.0622 e. The molecule has 3 rings (SSSR count). The molecular formula is C22H18. The number of hydrogen-bond acceptors (Lipinski definition) is 0. The van der Waals surface area contributed by atoms with Crippen LogP contribution in [0.25, 0.3) is 22.9 Å². The Morgan fingerprint density at radius 1 is 0.500 bits per heavy atom. The third-order valence-corrected chi connectivity index (χ3v) is 3.52. The maximum Gasteiger partial charge on any atom is -0.0111 e. The van der Waals surface area contributed by atoms with Crippen molar-refractivity contribution in [3.8, 4) is 0 Å². The van der Waals surface area contributed by atoms with Crippen LogP contribution >= 0.6 is 0 Å². The van der Waals surface area contributed by atoms with Crippen molar-refractivity contribution in [1.82, 2.24) is 0 Å². The zero-order chi connectivity index (χ0) is 15.0. The molecule has 0 atom stereocenters. The summed E-state index contributed by atoms with van der Waals surface area (Å²) in [6.07, 6.45) is 12.5. The summed E-state index contributed by atoms with van der Waals surface area (Å²) in [5.41, 5.74) is 2.46. The summed E-state index contributed by atoms with van der Waals surface area (Å²) in [4.78, 5) is 0. The van der Waals surface area contributed by atoms with Gasteiger partial charge in [-0.15, -0.1) is 0 Å². The molecule has 0 saturated carbocycles. The van der Waals surface area contributed by atoms with Gasteiger partial charge in [-0.05, 0) is 21.9 Å².